The molecule has 0 rings (SSSR count). The van der Waals surface area contributed by atoms with Crippen LogP contribution in [0.2, 0.25) is 0 Å². The highest BCUT2D eigenvalue weighted by Gasteiger charge is 2.62. The van der Waals surface area contributed by atoms with Crippen molar-refractivity contribution in [3.63, 3.8) is 0 Å². The third-order valence-electron chi connectivity index (χ3n) is 3.08. The first kappa shape index (κ1) is 17.8. The lowest BCUT2D eigenvalue weighted by atomic mass is 9.91. The van der Waals surface area contributed by atoms with E-state index in [-0.39, 0.29) is 5.57 Å². The number of likely N-dealkylation sites (N-methyl/N-ethyl adjacent to an activating group) is 1. The monoisotopic (exact) mass is 293 g/mol. The molecule has 0 aliphatic carbocycles. The van der Waals surface area contributed by atoms with Crippen LogP contribution in [0.5, 0.6) is 0 Å². The lowest BCUT2D eigenvalue weighted by Crippen LogP contribution is -2.74. The van der Waals surface area contributed by atoms with Crippen molar-refractivity contribution in [3.05, 3.63) is 12.2 Å². The zero-order valence-corrected chi connectivity index (χ0v) is 12.4. The molecule has 0 spiro atoms. The molecule has 0 bridgehead atoms. The molecule has 0 aromatic carbocycles. The highest BCUT2D eigenvalue weighted by atomic mass is 32.2. The Morgan fingerprint density at radius 1 is 1.32 bits per heavy atom. The number of allylic oxidation sites excluding steroid dienone is 1. The molecule has 0 radical (unpaired) electrons. The van der Waals surface area contributed by atoms with E-state index in [1.165, 1.54) is 28.1 Å². The van der Waals surface area contributed by atoms with E-state index in [1.54, 1.807) is 0 Å². The molecule has 0 fully saturated rings. The minimum atomic E-state index is -5.11. The number of quaternary nitrogens is 1. The fourth-order valence-corrected chi connectivity index (χ4v) is 3.71. The van der Waals surface area contributed by atoms with Crippen LogP contribution in [-0.4, -0.2) is 55.2 Å². The Labute approximate surface area is 112 Å². The van der Waals surface area contributed by atoms with Gasteiger partial charge < -0.3 is 14.4 Å². The molecule has 0 amide bonds. The SMILES string of the molecule is C=C(C)C(=O)C(C)C(C(=O)[O-])([N+](C)(C)C)S(=O)(=O)O. The zero-order valence-electron chi connectivity index (χ0n) is 11.6. The number of hydrogen-bond donors (Lipinski definition) is 1. The molecule has 7 nitrogen and oxygen atoms in total. The molecule has 8 heteroatoms. The van der Waals surface area contributed by atoms with E-state index in [4.69, 9.17) is 0 Å². The fourth-order valence-electron chi connectivity index (χ4n) is 2.25. The van der Waals surface area contributed by atoms with Crippen molar-refractivity contribution in [1.82, 2.24) is 0 Å². The Morgan fingerprint density at radius 3 is 1.84 bits per heavy atom. The average molecular weight is 293 g/mol. The number of aliphatic carboxylic acids is 1. The van der Waals surface area contributed by atoms with Crippen molar-refractivity contribution in [2.24, 2.45) is 5.92 Å². The van der Waals surface area contributed by atoms with Gasteiger partial charge in [0.25, 0.3) is 4.87 Å². The summed E-state index contributed by atoms with van der Waals surface area (Å²) < 4.78 is 32.0. The van der Waals surface area contributed by atoms with E-state index in [1.807, 2.05) is 0 Å². The second-order valence-electron chi connectivity index (χ2n) is 5.34. The Bertz CT molecular complexity index is 516. The van der Waals surface area contributed by atoms with Gasteiger partial charge in [0.05, 0.1) is 27.1 Å². The van der Waals surface area contributed by atoms with Crippen LogP contribution in [0.3, 0.4) is 0 Å². The minimum Gasteiger partial charge on any atom is -0.543 e. The molecular weight excluding hydrogens is 274 g/mol. The number of carboxylic acids is 1. The molecular formula is C11H19NO6S. The van der Waals surface area contributed by atoms with Crippen LogP contribution in [0.1, 0.15) is 13.8 Å². The van der Waals surface area contributed by atoms with Crippen molar-refractivity contribution in [2.45, 2.75) is 18.7 Å². The topological polar surface area (TPSA) is 112 Å². The molecule has 19 heavy (non-hydrogen) atoms. The van der Waals surface area contributed by atoms with Gasteiger partial charge in [-0.3, -0.25) is 9.35 Å². The van der Waals surface area contributed by atoms with Crippen LogP contribution in [0.4, 0.5) is 0 Å². The summed E-state index contributed by atoms with van der Waals surface area (Å²) in [7, 11) is -1.39. The average Bonchev–Trinajstić information content (AvgIpc) is 2.11. The second-order valence-corrected chi connectivity index (χ2v) is 6.91. The van der Waals surface area contributed by atoms with Gasteiger partial charge in [-0.1, -0.05) is 6.58 Å². The normalized spacial score (nSPS) is 17.4. The number of carbonyl (C=O) groups is 2. The molecule has 0 aliphatic rings. The van der Waals surface area contributed by atoms with E-state index in [9.17, 15) is 27.7 Å². The number of Topliss-reactive ketones (excluding diaryl/α,β-unsaturated/α-hetero) is 1. The number of carboxylic acid groups (broad SMARTS) is 1. The molecule has 0 saturated heterocycles. The Hall–Kier alpha value is -1.25. The van der Waals surface area contributed by atoms with Gasteiger partial charge >= 0.3 is 10.1 Å². The van der Waals surface area contributed by atoms with Gasteiger partial charge in [-0.15, -0.1) is 0 Å². The highest BCUT2D eigenvalue weighted by Crippen LogP contribution is 2.34. The number of nitrogens with zero attached hydrogens (tertiary/aromatic N) is 1. The highest BCUT2D eigenvalue weighted by molar-refractivity contribution is 7.87. The standard InChI is InChI=1S/C11H19NO6S/c1-7(2)9(13)8(3)11(10(14)15,12(4,5)6)19(16,17)18/h8H,1H2,2-6H3,(H-,14,15,16,17,18). The summed E-state index contributed by atoms with van der Waals surface area (Å²) in [5.74, 6) is -4.36. The van der Waals surface area contributed by atoms with Crippen LogP contribution < -0.4 is 5.11 Å². The van der Waals surface area contributed by atoms with Crippen LogP contribution in [0, 0.1) is 5.92 Å². The molecule has 0 aromatic heterocycles. The van der Waals surface area contributed by atoms with Crippen molar-refractivity contribution >= 4 is 21.9 Å². The summed E-state index contributed by atoms with van der Waals surface area (Å²) in [6.07, 6.45) is 0. The predicted molar refractivity (Wildman–Crippen MR) is 66.3 cm³/mol. The molecule has 0 heterocycles. The predicted octanol–water partition coefficient (Wildman–Crippen LogP) is -1.19. The largest absolute Gasteiger partial charge is 0.543 e. The minimum absolute atomic E-state index is 0.00442. The first-order valence-corrected chi connectivity index (χ1v) is 6.85. The third-order valence-corrected chi connectivity index (χ3v) is 4.94. The Morgan fingerprint density at radius 2 is 1.68 bits per heavy atom. The summed E-state index contributed by atoms with van der Waals surface area (Å²) in [6, 6.07) is 0. The van der Waals surface area contributed by atoms with E-state index in [0.717, 1.165) is 6.92 Å². The third kappa shape index (κ3) is 2.70. The van der Waals surface area contributed by atoms with Crippen LogP contribution in [0.25, 0.3) is 0 Å². The van der Waals surface area contributed by atoms with Crippen molar-refractivity contribution < 1.29 is 32.1 Å². The van der Waals surface area contributed by atoms with Gasteiger partial charge in [-0.2, -0.15) is 8.42 Å². The molecule has 2 atom stereocenters. The summed E-state index contributed by atoms with van der Waals surface area (Å²) in [5, 5.41) is 11.4. The maximum atomic E-state index is 11.9. The van der Waals surface area contributed by atoms with Crippen molar-refractivity contribution in [1.29, 1.82) is 0 Å². The van der Waals surface area contributed by atoms with Gasteiger partial charge in [-0.05, 0) is 19.4 Å². The molecule has 0 aliphatic heterocycles. The molecule has 1 N–H and O–H groups in total. The Balaban J connectivity index is 6.45. The quantitative estimate of drug-likeness (QED) is 0.374. The summed E-state index contributed by atoms with van der Waals surface area (Å²) >= 11 is 0. The van der Waals surface area contributed by atoms with E-state index >= 15 is 0 Å². The number of rotatable bonds is 6. The summed E-state index contributed by atoms with van der Waals surface area (Å²) in [4.78, 5) is 20.5. The van der Waals surface area contributed by atoms with Crippen LogP contribution >= 0.6 is 0 Å². The van der Waals surface area contributed by atoms with E-state index in [2.05, 4.69) is 6.58 Å². The lowest BCUT2D eigenvalue weighted by molar-refractivity contribution is -0.903. The number of ketones is 1. The maximum Gasteiger partial charge on any atom is 0.329 e. The maximum absolute atomic E-state index is 11.9. The number of hydrogen-bond acceptors (Lipinski definition) is 5. The zero-order chi connectivity index (χ0) is 15.8. The number of carbonyl (C=O) groups excluding carboxylic acids is 2. The first-order chi connectivity index (χ1) is 8.21. The van der Waals surface area contributed by atoms with Gasteiger partial charge in [0.2, 0.25) is 0 Å². The van der Waals surface area contributed by atoms with Gasteiger partial charge in [0, 0.05) is 0 Å². The van der Waals surface area contributed by atoms with E-state index < -0.39 is 37.1 Å². The molecule has 2 unspecified atom stereocenters. The Kier molecular flexibility index (Phi) is 4.70. The van der Waals surface area contributed by atoms with Gasteiger partial charge in [0.15, 0.2) is 5.78 Å². The first-order valence-electron chi connectivity index (χ1n) is 5.41. The van der Waals surface area contributed by atoms with Gasteiger partial charge in [0.1, 0.15) is 5.97 Å². The second kappa shape index (κ2) is 5.03. The summed E-state index contributed by atoms with van der Waals surface area (Å²) in [6.45, 7) is 5.81. The molecule has 0 aromatic rings. The fraction of sp³-hybridized carbons (Fsp3) is 0.636. The smallest absolute Gasteiger partial charge is 0.329 e. The van der Waals surface area contributed by atoms with Gasteiger partial charge in [-0.25, -0.2) is 0 Å². The van der Waals surface area contributed by atoms with E-state index in [0.29, 0.717) is 0 Å². The van der Waals surface area contributed by atoms with Crippen LogP contribution in [-0.2, 0) is 19.7 Å². The van der Waals surface area contributed by atoms with Crippen LogP contribution in [0.15, 0.2) is 12.2 Å². The summed E-state index contributed by atoms with van der Waals surface area (Å²) in [5.41, 5.74) is -0.00442. The van der Waals surface area contributed by atoms with Crippen molar-refractivity contribution in [2.75, 3.05) is 21.1 Å². The molecule has 110 valence electrons. The molecule has 0 saturated carbocycles. The lowest BCUT2D eigenvalue weighted by Gasteiger charge is -2.46. The van der Waals surface area contributed by atoms with Crippen molar-refractivity contribution in [3.8, 4) is 0 Å².